The SMILES string of the molecule is COc1cc([C@@H]2c3cc4c(cc3[C@H](OC(=O)N/N=C/c3cccc(OCCCN(C)CCC(O)(P(=O)(O)O)P(=O)(O)O)c3)[C@H]3COC(=O)[C@H]23)OCO4)cc(OC)c1OC. The van der Waals surface area contributed by atoms with Gasteiger partial charge in [0, 0.05) is 36.9 Å². The van der Waals surface area contributed by atoms with Crippen molar-refractivity contribution < 1.29 is 81.3 Å². The molecule has 1 fully saturated rings. The minimum atomic E-state index is -5.54. The zero-order chi connectivity index (χ0) is 42.7. The number of hydrogen-bond donors (Lipinski definition) is 6. The van der Waals surface area contributed by atoms with Gasteiger partial charge >= 0.3 is 27.3 Å². The van der Waals surface area contributed by atoms with E-state index in [0.717, 1.165) is 0 Å². The largest absolute Gasteiger partial charge is 0.494 e. The Balaban J connectivity index is 1.11. The van der Waals surface area contributed by atoms with Crippen molar-refractivity contribution in [2.45, 2.75) is 29.9 Å². The number of rotatable bonds is 17. The molecule has 0 spiro atoms. The van der Waals surface area contributed by atoms with Gasteiger partial charge in [-0.3, -0.25) is 13.9 Å². The van der Waals surface area contributed by atoms with E-state index in [1.165, 1.54) is 27.5 Å². The van der Waals surface area contributed by atoms with Crippen LogP contribution in [0.1, 0.15) is 47.1 Å². The lowest BCUT2D eigenvalue weighted by molar-refractivity contribution is -0.141. The van der Waals surface area contributed by atoms with Crippen LogP contribution in [0.2, 0.25) is 0 Å². The number of fused-ring (bicyclic) bond motifs is 3. The molecule has 1 amide bonds. The van der Waals surface area contributed by atoms with Gasteiger partial charge in [0.15, 0.2) is 23.0 Å². The fraction of sp³-hybridized carbons (Fsp3) is 0.432. The van der Waals surface area contributed by atoms with Gasteiger partial charge in [-0.15, -0.1) is 0 Å². The molecule has 6 rings (SSSR count). The van der Waals surface area contributed by atoms with E-state index in [-0.39, 0.29) is 26.6 Å². The average Bonchev–Trinajstić information content (AvgIpc) is 3.82. The van der Waals surface area contributed by atoms with Gasteiger partial charge in [-0.05, 0) is 66.6 Å². The number of nitrogens with one attached hydrogen (secondary N) is 1. The molecule has 320 valence electrons. The van der Waals surface area contributed by atoms with E-state index in [9.17, 15) is 43.4 Å². The standard InChI is InChI=1S/C37H45N3O17P2/c1-40(11-9-37(43,58(44,45)46)59(47,48)49)10-6-12-53-23-8-5-7-21(13-23)18-38-39-36(42)57-33-25-17-28-27(55-20-56-28)16-24(25)31(32-26(33)19-54-35(32)41)22-14-29(50-2)34(52-4)30(15-22)51-3/h5,7-8,13-18,26,31-33,43H,6,9-12,19-20H2,1-4H3,(H,39,42)(H2,44,45,46)(H2,47,48,49)/b38-18+/t26-,31+,32-,33-/m0/s1. The number of aliphatic hydroxyl groups is 1. The molecule has 1 saturated heterocycles. The monoisotopic (exact) mass is 865 g/mol. The Bertz CT molecular complexity index is 2130. The smallest absolute Gasteiger partial charge is 0.428 e. The van der Waals surface area contributed by atoms with Crippen LogP contribution < -0.4 is 33.8 Å². The molecule has 3 aromatic carbocycles. The molecule has 0 aromatic heterocycles. The molecular formula is C37H45N3O17P2. The van der Waals surface area contributed by atoms with Gasteiger partial charge < -0.3 is 67.5 Å². The minimum absolute atomic E-state index is 0.00781. The molecule has 2 aliphatic heterocycles. The summed E-state index contributed by atoms with van der Waals surface area (Å²) in [6, 6.07) is 13.8. The van der Waals surface area contributed by atoms with Crippen molar-refractivity contribution in [3.8, 4) is 34.5 Å². The Morgan fingerprint density at radius 1 is 0.949 bits per heavy atom. The summed E-state index contributed by atoms with van der Waals surface area (Å²) >= 11 is 0. The molecule has 22 heteroatoms. The van der Waals surface area contributed by atoms with Gasteiger partial charge in [-0.25, -0.2) is 10.2 Å². The lowest BCUT2D eigenvalue weighted by atomic mass is 9.66. The average molecular weight is 866 g/mol. The Hall–Kier alpha value is -4.91. The van der Waals surface area contributed by atoms with E-state index in [2.05, 4.69) is 10.5 Å². The molecule has 0 radical (unpaired) electrons. The molecule has 20 nitrogen and oxygen atoms in total. The maximum atomic E-state index is 13.5. The van der Waals surface area contributed by atoms with Crippen LogP contribution in [0, 0.1) is 11.8 Å². The van der Waals surface area contributed by atoms with Crippen molar-refractivity contribution >= 4 is 33.5 Å². The number of ether oxygens (including phenoxy) is 8. The van der Waals surface area contributed by atoms with Crippen LogP contribution in [0.25, 0.3) is 0 Å². The maximum absolute atomic E-state index is 13.5. The predicted molar refractivity (Wildman–Crippen MR) is 206 cm³/mol. The summed E-state index contributed by atoms with van der Waals surface area (Å²) in [6.07, 6.45) is -0.891. The van der Waals surface area contributed by atoms with Crippen molar-refractivity contribution in [1.82, 2.24) is 10.3 Å². The van der Waals surface area contributed by atoms with E-state index >= 15 is 0 Å². The van der Waals surface area contributed by atoms with E-state index in [0.29, 0.717) is 69.7 Å². The summed E-state index contributed by atoms with van der Waals surface area (Å²) in [7, 11) is -5.03. The van der Waals surface area contributed by atoms with E-state index in [1.54, 1.807) is 60.5 Å². The van der Waals surface area contributed by atoms with Gasteiger partial charge in [-0.2, -0.15) is 5.10 Å². The topological polar surface area (TPSA) is 271 Å². The van der Waals surface area contributed by atoms with Crippen molar-refractivity contribution in [2.75, 3.05) is 61.5 Å². The summed E-state index contributed by atoms with van der Waals surface area (Å²) in [5.41, 5.74) is 4.86. The molecule has 59 heavy (non-hydrogen) atoms. The van der Waals surface area contributed by atoms with Crippen LogP contribution in [-0.4, -0.2) is 114 Å². The van der Waals surface area contributed by atoms with Gasteiger partial charge in [0.25, 0.3) is 5.08 Å². The normalized spacial score (nSPS) is 19.9. The fourth-order valence-corrected chi connectivity index (χ4v) is 9.51. The quantitative estimate of drug-likeness (QED) is 0.0374. The third-order valence-corrected chi connectivity index (χ3v) is 14.2. The first kappa shape index (κ1) is 43.7. The maximum Gasteiger partial charge on any atom is 0.428 e. The second-order valence-corrected chi connectivity index (χ2v) is 18.0. The van der Waals surface area contributed by atoms with E-state index in [1.807, 2.05) is 0 Å². The van der Waals surface area contributed by atoms with E-state index < -0.39 is 62.6 Å². The molecule has 0 unspecified atom stereocenters. The number of benzene rings is 3. The molecule has 6 N–H and O–H groups in total. The van der Waals surface area contributed by atoms with Crippen LogP contribution in [0.3, 0.4) is 0 Å². The zero-order valence-electron chi connectivity index (χ0n) is 32.4. The van der Waals surface area contributed by atoms with Crippen molar-refractivity contribution in [2.24, 2.45) is 16.9 Å². The lowest BCUT2D eigenvalue weighted by Gasteiger charge is -2.38. The summed E-state index contributed by atoms with van der Waals surface area (Å²) in [4.78, 5) is 65.7. The molecule has 4 atom stereocenters. The second-order valence-electron chi connectivity index (χ2n) is 14.0. The second kappa shape index (κ2) is 17.7. The van der Waals surface area contributed by atoms with Gasteiger partial charge in [0.05, 0.1) is 46.7 Å². The van der Waals surface area contributed by atoms with Crippen molar-refractivity contribution in [3.63, 3.8) is 0 Å². The summed E-state index contributed by atoms with van der Waals surface area (Å²) in [6.45, 7) is 0.281. The molecule has 0 bridgehead atoms. The Labute approximate surface area is 338 Å². The third kappa shape index (κ3) is 9.15. The Morgan fingerprint density at radius 2 is 1.61 bits per heavy atom. The highest BCUT2D eigenvalue weighted by Crippen LogP contribution is 2.69. The van der Waals surface area contributed by atoms with Crippen LogP contribution in [0.15, 0.2) is 53.6 Å². The fourth-order valence-electron chi connectivity index (χ4n) is 7.37. The first-order valence-corrected chi connectivity index (χ1v) is 21.4. The molecule has 0 saturated carbocycles. The molecular weight excluding hydrogens is 820 g/mol. The van der Waals surface area contributed by atoms with Crippen LogP contribution in [0.5, 0.6) is 34.5 Å². The number of carbonyl (C=O) groups is 2. The summed E-state index contributed by atoms with van der Waals surface area (Å²) in [5.74, 6) is 0.140. The number of carbonyl (C=O) groups excluding carboxylic acids is 2. The van der Waals surface area contributed by atoms with Crippen molar-refractivity contribution in [1.29, 1.82) is 0 Å². The van der Waals surface area contributed by atoms with Crippen LogP contribution in [-0.2, 0) is 23.4 Å². The van der Waals surface area contributed by atoms with Crippen LogP contribution >= 0.6 is 15.2 Å². The first-order valence-electron chi connectivity index (χ1n) is 18.1. The van der Waals surface area contributed by atoms with Crippen LogP contribution in [0.4, 0.5) is 4.79 Å². The number of esters is 1. The number of cyclic esters (lactones) is 1. The predicted octanol–water partition coefficient (Wildman–Crippen LogP) is 3.27. The number of amides is 1. The van der Waals surface area contributed by atoms with Gasteiger partial charge in [0.2, 0.25) is 12.5 Å². The summed E-state index contributed by atoms with van der Waals surface area (Å²) in [5, 5.41) is 10.7. The third-order valence-electron chi connectivity index (χ3n) is 10.3. The highest BCUT2D eigenvalue weighted by atomic mass is 31.2. The number of hydrogen-bond acceptors (Lipinski definition) is 15. The molecule has 2 heterocycles. The summed E-state index contributed by atoms with van der Waals surface area (Å²) < 4.78 is 68.7. The zero-order valence-corrected chi connectivity index (χ0v) is 34.2. The molecule has 3 aromatic rings. The number of nitrogens with zero attached hydrogens (tertiary/aromatic N) is 2. The molecule has 1 aliphatic carbocycles. The molecule has 3 aliphatic rings. The van der Waals surface area contributed by atoms with E-state index in [4.69, 9.17) is 37.9 Å². The van der Waals surface area contributed by atoms with Gasteiger partial charge in [-0.1, -0.05) is 12.1 Å². The van der Waals surface area contributed by atoms with Gasteiger partial charge in [0.1, 0.15) is 11.9 Å². The highest BCUT2D eigenvalue weighted by Gasteiger charge is 2.59. The lowest BCUT2D eigenvalue weighted by Crippen LogP contribution is -2.37. The number of methoxy groups -OCH3 is 3. The van der Waals surface area contributed by atoms with Crippen molar-refractivity contribution in [3.05, 3.63) is 70.8 Å². The first-order chi connectivity index (χ1) is 28.0. The Kier molecular flexibility index (Phi) is 13.1. The highest BCUT2D eigenvalue weighted by molar-refractivity contribution is 7.72. The Morgan fingerprint density at radius 3 is 2.24 bits per heavy atom. The minimum Gasteiger partial charge on any atom is -0.494 e. The number of hydrazone groups is 1.